The maximum Gasteiger partial charge on any atom is 0.294 e. The van der Waals surface area contributed by atoms with Crippen molar-refractivity contribution in [3.05, 3.63) is 83.9 Å². The van der Waals surface area contributed by atoms with Crippen LogP contribution in [0, 0.1) is 0 Å². The van der Waals surface area contributed by atoms with Crippen molar-refractivity contribution < 1.29 is 17.7 Å². The van der Waals surface area contributed by atoms with E-state index in [-0.39, 0.29) is 8.82 Å². The molecule has 1 atom stereocenters. The van der Waals surface area contributed by atoms with Gasteiger partial charge in [-0.2, -0.15) is 8.42 Å². The first kappa shape index (κ1) is 18.9. The Kier molecular flexibility index (Phi) is 5.64. The second-order valence-corrected chi connectivity index (χ2v) is 8.39. The van der Waals surface area contributed by atoms with Crippen molar-refractivity contribution in [2.45, 2.75) is 8.82 Å². The van der Waals surface area contributed by atoms with Gasteiger partial charge in [0.25, 0.3) is 10.1 Å². The maximum atomic E-state index is 11.2. The molecule has 3 aromatic carbocycles. The fourth-order valence-corrected chi connectivity index (χ4v) is 4.18. The van der Waals surface area contributed by atoms with Crippen LogP contribution in [-0.2, 0) is 10.1 Å². The van der Waals surface area contributed by atoms with Crippen LogP contribution in [0.3, 0.4) is 0 Å². The van der Waals surface area contributed by atoms with Crippen LogP contribution >= 0.6 is 22.6 Å². The van der Waals surface area contributed by atoms with Crippen LogP contribution < -0.4 is 4.74 Å². The molecule has 0 heterocycles. The fourth-order valence-electron chi connectivity index (χ4n) is 2.74. The summed E-state index contributed by atoms with van der Waals surface area (Å²) in [4.78, 5) is -0.103. The minimum atomic E-state index is -4.18. The highest BCUT2D eigenvalue weighted by Gasteiger charge is 2.16. The molecule has 0 radical (unpaired) electrons. The van der Waals surface area contributed by atoms with Gasteiger partial charge in [-0.15, -0.1) is 0 Å². The summed E-state index contributed by atoms with van der Waals surface area (Å²) < 4.78 is 36.8. The highest BCUT2D eigenvalue weighted by atomic mass is 127. The molecular weight excluding hydrogens is 463 g/mol. The lowest BCUT2D eigenvalue weighted by Crippen LogP contribution is -2.00. The van der Waals surface area contributed by atoms with E-state index in [0.717, 1.165) is 28.0 Å². The first-order valence-electron chi connectivity index (χ1n) is 7.85. The number of alkyl halides is 1. The molecule has 0 saturated heterocycles. The minimum Gasteiger partial charge on any atom is -0.497 e. The largest absolute Gasteiger partial charge is 0.497 e. The molecule has 0 aliphatic carbocycles. The SMILES string of the molecule is COc1ccc(-c2ccccc2C(I)c2ccc(S(=O)(=O)O)cc2)cc1. The topological polar surface area (TPSA) is 63.6 Å². The smallest absolute Gasteiger partial charge is 0.294 e. The summed E-state index contributed by atoms with van der Waals surface area (Å²) in [7, 11) is -2.54. The Bertz CT molecular complexity index is 997. The van der Waals surface area contributed by atoms with E-state index in [0.29, 0.717) is 0 Å². The van der Waals surface area contributed by atoms with Crippen molar-refractivity contribution in [2.24, 2.45) is 0 Å². The van der Waals surface area contributed by atoms with Crippen molar-refractivity contribution in [1.82, 2.24) is 0 Å². The van der Waals surface area contributed by atoms with E-state index >= 15 is 0 Å². The predicted octanol–water partition coefficient (Wildman–Crippen LogP) is 5.13. The van der Waals surface area contributed by atoms with Gasteiger partial charge in [0, 0.05) is 0 Å². The van der Waals surface area contributed by atoms with Crippen LogP contribution in [0.5, 0.6) is 5.75 Å². The molecule has 26 heavy (non-hydrogen) atoms. The average Bonchev–Trinajstić information content (AvgIpc) is 2.67. The third-order valence-corrected chi connectivity index (χ3v) is 6.36. The van der Waals surface area contributed by atoms with E-state index < -0.39 is 10.1 Å². The maximum absolute atomic E-state index is 11.2. The highest BCUT2D eigenvalue weighted by Crippen LogP contribution is 2.38. The van der Waals surface area contributed by atoms with E-state index in [1.165, 1.54) is 12.1 Å². The Hall–Kier alpha value is -1.90. The Morgan fingerprint density at radius 1 is 0.923 bits per heavy atom. The molecule has 0 fully saturated rings. The Labute approximate surface area is 166 Å². The van der Waals surface area contributed by atoms with Gasteiger partial charge in [-0.1, -0.05) is 71.1 Å². The van der Waals surface area contributed by atoms with Gasteiger partial charge in [-0.3, -0.25) is 4.55 Å². The lowest BCUT2D eigenvalue weighted by Gasteiger charge is -2.16. The number of rotatable bonds is 5. The normalized spacial score (nSPS) is 12.6. The summed E-state index contributed by atoms with van der Waals surface area (Å²) in [6, 6.07) is 22.3. The molecule has 3 aromatic rings. The zero-order valence-corrected chi connectivity index (χ0v) is 16.9. The molecule has 0 bridgehead atoms. The molecular formula is C20H17IO4S. The van der Waals surface area contributed by atoms with Gasteiger partial charge in [0.15, 0.2) is 0 Å². The molecule has 0 aliphatic rings. The van der Waals surface area contributed by atoms with E-state index in [9.17, 15) is 8.42 Å². The minimum absolute atomic E-state index is 0.0290. The summed E-state index contributed by atoms with van der Waals surface area (Å²) in [6.45, 7) is 0. The van der Waals surface area contributed by atoms with Gasteiger partial charge < -0.3 is 4.74 Å². The zero-order valence-electron chi connectivity index (χ0n) is 14.0. The lowest BCUT2D eigenvalue weighted by molar-refractivity contribution is 0.415. The van der Waals surface area contributed by atoms with Gasteiger partial charge in [0.2, 0.25) is 0 Å². The number of ether oxygens (including phenoxy) is 1. The van der Waals surface area contributed by atoms with Crippen LogP contribution in [0.1, 0.15) is 15.1 Å². The molecule has 0 aliphatic heterocycles. The number of benzene rings is 3. The van der Waals surface area contributed by atoms with Gasteiger partial charge >= 0.3 is 0 Å². The summed E-state index contributed by atoms with van der Waals surface area (Å²) in [5.74, 6) is 0.804. The van der Waals surface area contributed by atoms with Crippen molar-refractivity contribution in [3.8, 4) is 16.9 Å². The predicted molar refractivity (Wildman–Crippen MR) is 111 cm³/mol. The molecule has 134 valence electrons. The van der Waals surface area contributed by atoms with Gasteiger partial charge in [-0.05, 0) is 46.5 Å². The van der Waals surface area contributed by atoms with Crippen LogP contribution in [0.2, 0.25) is 0 Å². The van der Waals surface area contributed by atoms with E-state index in [4.69, 9.17) is 9.29 Å². The first-order valence-corrected chi connectivity index (χ1v) is 10.5. The standard InChI is InChI=1S/C20H17IO4S/c1-25-16-10-6-14(7-11-16)18-4-2-3-5-19(18)20(21)15-8-12-17(13-9-15)26(22,23)24/h2-13,20H,1H3,(H,22,23,24). The number of hydrogen-bond donors (Lipinski definition) is 1. The van der Waals surface area contributed by atoms with Crippen LogP contribution in [0.4, 0.5) is 0 Å². The average molecular weight is 480 g/mol. The highest BCUT2D eigenvalue weighted by molar-refractivity contribution is 14.1. The molecule has 4 nitrogen and oxygen atoms in total. The Morgan fingerprint density at radius 3 is 2.12 bits per heavy atom. The third kappa shape index (κ3) is 4.08. The van der Waals surface area contributed by atoms with Gasteiger partial charge in [-0.25, -0.2) is 0 Å². The molecule has 3 rings (SSSR count). The van der Waals surface area contributed by atoms with Crippen LogP contribution in [0.25, 0.3) is 11.1 Å². The monoisotopic (exact) mass is 480 g/mol. The van der Waals surface area contributed by atoms with Gasteiger partial charge in [0.1, 0.15) is 5.75 Å². The number of methoxy groups -OCH3 is 1. The van der Waals surface area contributed by atoms with E-state index in [1.807, 2.05) is 36.4 Å². The van der Waals surface area contributed by atoms with E-state index in [1.54, 1.807) is 19.2 Å². The zero-order chi connectivity index (χ0) is 18.7. The third-order valence-electron chi connectivity index (χ3n) is 4.11. The molecule has 1 unspecified atom stereocenters. The van der Waals surface area contributed by atoms with E-state index in [2.05, 4.69) is 34.7 Å². The first-order chi connectivity index (χ1) is 12.4. The molecule has 0 spiro atoms. The van der Waals surface area contributed by atoms with Crippen molar-refractivity contribution in [2.75, 3.05) is 7.11 Å². The summed E-state index contributed by atoms with van der Waals surface area (Å²) in [5, 5.41) is 0. The van der Waals surface area contributed by atoms with Crippen molar-refractivity contribution >= 4 is 32.7 Å². The Morgan fingerprint density at radius 2 is 1.54 bits per heavy atom. The fraction of sp³-hybridized carbons (Fsp3) is 0.100. The van der Waals surface area contributed by atoms with Crippen LogP contribution in [-0.4, -0.2) is 20.1 Å². The molecule has 0 aromatic heterocycles. The number of halogens is 1. The summed E-state index contributed by atoms with van der Waals surface area (Å²) in [5.41, 5.74) is 4.27. The Balaban J connectivity index is 1.98. The molecule has 0 saturated carbocycles. The lowest BCUT2D eigenvalue weighted by atomic mass is 9.95. The molecule has 0 amide bonds. The van der Waals surface area contributed by atoms with Gasteiger partial charge in [0.05, 0.1) is 15.9 Å². The summed E-state index contributed by atoms with van der Waals surface area (Å²) in [6.07, 6.45) is 0. The van der Waals surface area contributed by atoms with Crippen molar-refractivity contribution in [1.29, 1.82) is 0 Å². The van der Waals surface area contributed by atoms with Crippen LogP contribution in [0.15, 0.2) is 77.7 Å². The second kappa shape index (κ2) is 7.77. The number of hydrogen-bond acceptors (Lipinski definition) is 3. The summed E-state index contributed by atoms with van der Waals surface area (Å²) >= 11 is 2.34. The van der Waals surface area contributed by atoms with Crippen molar-refractivity contribution in [3.63, 3.8) is 0 Å². The quantitative estimate of drug-likeness (QED) is 0.312. The molecule has 1 N–H and O–H groups in total. The second-order valence-electron chi connectivity index (χ2n) is 5.72. The molecule has 6 heteroatoms.